The number of anilines is 1. The van der Waals surface area contributed by atoms with Crippen molar-refractivity contribution in [1.82, 2.24) is 9.97 Å². The van der Waals surface area contributed by atoms with E-state index in [9.17, 15) is 4.39 Å². The molecule has 1 heterocycles. The molecule has 0 saturated heterocycles. The molecule has 1 aromatic carbocycles. The minimum atomic E-state index is -0.254. The second kappa shape index (κ2) is 4.70. The molecule has 0 aliphatic carbocycles. The summed E-state index contributed by atoms with van der Waals surface area (Å²) in [5.41, 5.74) is 1.38. The van der Waals surface area contributed by atoms with Crippen molar-refractivity contribution in [3.05, 3.63) is 53.9 Å². The van der Waals surface area contributed by atoms with Gasteiger partial charge in [-0.05, 0) is 24.6 Å². The number of nitrogens with one attached hydrogen (secondary N) is 1. The molecule has 0 radical (unpaired) electrons. The van der Waals surface area contributed by atoms with Gasteiger partial charge in [0.15, 0.2) is 0 Å². The zero-order valence-electron chi connectivity index (χ0n) is 8.94. The van der Waals surface area contributed by atoms with Crippen molar-refractivity contribution in [3.63, 3.8) is 0 Å². The lowest BCUT2D eigenvalue weighted by Crippen LogP contribution is -2.06. The lowest BCUT2D eigenvalue weighted by molar-refractivity contribution is 0.628. The Kier molecular flexibility index (Phi) is 3.10. The molecule has 1 aromatic heterocycles. The highest BCUT2D eigenvalue weighted by Crippen LogP contribution is 2.18. The second-order valence-corrected chi connectivity index (χ2v) is 3.45. The number of benzene rings is 1. The second-order valence-electron chi connectivity index (χ2n) is 3.45. The summed E-state index contributed by atoms with van der Waals surface area (Å²) in [6.45, 7) is 2.28. The molecule has 2 rings (SSSR count). The first kappa shape index (κ1) is 10.5. The third-order valence-corrected chi connectivity index (χ3v) is 2.26. The molecule has 0 fully saturated rings. The van der Waals surface area contributed by atoms with Gasteiger partial charge in [0.25, 0.3) is 0 Å². The number of rotatable bonds is 3. The van der Waals surface area contributed by atoms with Crippen LogP contribution < -0.4 is 5.32 Å². The van der Waals surface area contributed by atoms with Crippen LogP contribution >= 0.6 is 0 Å². The summed E-state index contributed by atoms with van der Waals surface area (Å²) in [4.78, 5) is 8.11. The van der Waals surface area contributed by atoms with Crippen LogP contribution in [0.15, 0.2) is 36.7 Å². The first-order valence-corrected chi connectivity index (χ1v) is 5.02. The standard InChI is InChI=1S/C12H12FN3/c1-9-4-2-5-10(13)12(9)16-8-11-14-6-3-7-15-11/h2-7,16H,8H2,1H3. The van der Waals surface area contributed by atoms with Gasteiger partial charge < -0.3 is 5.32 Å². The summed E-state index contributed by atoms with van der Waals surface area (Å²) >= 11 is 0. The molecule has 16 heavy (non-hydrogen) atoms. The number of aromatic nitrogens is 2. The van der Waals surface area contributed by atoms with Gasteiger partial charge in [0.2, 0.25) is 0 Å². The molecule has 1 N–H and O–H groups in total. The summed E-state index contributed by atoms with van der Waals surface area (Å²) in [6.07, 6.45) is 3.33. The van der Waals surface area contributed by atoms with Crippen LogP contribution in [0.2, 0.25) is 0 Å². The van der Waals surface area contributed by atoms with Gasteiger partial charge in [0.1, 0.15) is 11.6 Å². The molecule has 82 valence electrons. The minimum Gasteiger partial charge on any atom is -0.375 e. The molecule has 2 aromatic rings. The average Bonchev–Trinajstić information content (AvgIpc) is 2.30. The first-order chi connectivity index (χ1) is 7.77. The van der Waals surface area contributed by atoms with Gasteiger partial charge in [-0.25, -0.2) is 14.4 Å². The molecule has 0 aliphatic heterocycles. The Bertz CT molecular complexity index is 451. The van der Waals surface area contributed by atoms with Crippen molar-refractivity contribution in [2.24, 2.45) is 0 Å². The van der Waals surface area contributed by atoms with Crippen molar-refractivity contribution < 1.29 is 4.39 Å². The Balaban J connectivity index is 2.11. The third-order valence-electron chi connectivity index (χ3n) is 2.26. The molecule has 0 spiro atoms. The van der Waals surface area contributed by atoms with Crippen LogP contribution in [0.5, 0.6) is 0 Å². The van der Waals surface area contributed by atoms with Gasteiger partial charge in [-0.15, -0.1) is 0 Å². The van der Waals surface area contributed by atoms with Gasteiger partial charge in [-0.2, -0.15) is 0 Å². The predicted molar refractivity (Wildman–Crippen MR) is 60.5 cm³/mol. The van der Waals surface area contributed by atoms with Crippen molar-refractivity contribution in [1.29, 1.82) is 0 Å². The monoisotopic (exact) mass is 217 g/mol. The van der Waals surface area contributed by atoms with Gasteiger partial charge in [-0.1, -0.05) is 12.1 Å². The first-order valence-electron chi connectivity index (χ1n) is 5.02. The van der Waals surface area contributed by atoms with Crippen molar-refractivity contribution >= 4 is 5.69 Å². The highest BCUT2D eigenvalue weighted by molar-refractivity contribution is 5.51. The molecule has 0 amide bonds. The fraction of sp³-hybridized carbons (Fsp3) is 0.167. The van der Waals surface area contributed by atoms with E-state index in [0.717, 1.165) is 5.56 Å². The van der Waals surface area contributed by atoms with E-state index in [1.807, 2.05) is 13.0 Å². The number of hydrogen-bond acceptors (Lipinski definition) is 3. The predicted octanol–water partition coefficient (Wildman–Crippen LogP) is 2.54. The van der Waals surface area contributed by atoms with E-state index in [2.05, 4.69) is 15.3 Å². The van der Waals surface area contributed by atoms with E-state index in [1.165, 1.54) is 6.07 Å². The summed E-state index contributed by atoms with van der Waals surface area (Å²) < 4.78 is 13.4. The van der Waals surface area contributed by atoms with Gasteiger partial charge >= 0.3 is 0 Å². The van der Waals surface area contributed by atoms with Crippen molar-refractivity contribution in [2.75, 3.05) is 5.32 Å². The van der Waals surface area contributed by atoms with Gasteiger partial charge in [0, 0.05) is 12.4 Å². The molecule has 0 bridgehead atoms. The van der Waals surface area contributed by atoms with E-state index in [1.54, 1.807) is 24.5 Å². The van der Waals surface area contributed by atoms with Crippen molar-refractivity contribution in [3.8, 4) is 0 Å². The van der Waals surface area contributed by atoms with E-state index in [0.29, 0.717) is 18.1 Å². The SMILES string of the molecule is Cc1cccc(F)c1NCc1ncccn1. The summed E-state index contributed by atoms with van der Waals surface area (Å²) in [5.74, 6) is 0.390. The van der Waals surface area contributed by atoms with Gasteiger partial charge in [-0.3, -0.25) is 0 Å². The zero-order valence-corrected chi connectivity index (χ0v) is 8.94. The fourth-order valence-corrected chi connectivity index (χ4v) is 1.44. The number of halogens is 1. The number of aryl methyl sites for hydroxylation is 1. The quantitative estimate of drug-likeness (QED) is 0.858. The van der Waals surface area contributed by atoms with Crippen LogP contribution in [-0.2, 0) is 6.54 Å². The highest BCUT2D eigenvalue weighted by atomic mass is 19.1. The lowest BCUT2D eigenvalue weighted by Gasteiger charge is -2.09. The van der Waals surface area contributed by atoms with Crippen LogP contribution in [0, 0.1) is 12.7 Å². The Hall–Kier alpha value is -1.97. The highest BCUT2D eigenvalue weighted by Gasteiger charge is 2.04. The number of hydrogen-bond donors (Lipinski definition) is 1. The van der Waals surface area contributed by atoms with Crippen LogP contribution in [-0.4, -0.2) is 9.97 Å². The summed E-state index contributed by atoms with van der Waals surface area (Å²) in [6, 6.07) is 6.73. The average molecular weight is 217 g/mol. The van der Waals surface area contributed by atoms with E-state index in [-0.39, 0.29) is 5.82 Å². The Morgan fingerprint density at radius 1 is 1.19 bits per heavy atom. The minimum absolute atomic E-state index is 0.254. The Morgan fingerprint density at radius 2 is 1.94 bits per heavy atom. The van der Waals surface area contributed by atoms with Crippen LogP contribution in [0.4, 0.5) is 10.1 Å². The topological polar surface area (TPSA) is 37.8 Å². The van der Waals surface area contributed by atoms with E-state index < -0.39 is 0 Å². The molecular formula is C12H12FN3. The molecule has 0 unspecified atom stereocenters. The Labute approximate surface area is 93.4 Å². The van der Waals surface area contributed by atoms with Crippen LogP contribution in [0.25, 0.3) is 0 Å². The number of para-hydroxylation sites is 1. The maximum Gasteiger partial charge on any atom is 0.147 e. The lowest BCUT2D eigenvalue weighted by atomic mass is 10.2. The summed E-state index contributed by atoms with van der Waals surface area (Å²) in [5, 5.41) is 3.00. The smallest absolute Gasteiger partial charge is 0.147 e. The Morgan fingerprint density at radius 3 is 2.62 bits per heavy atom. The fourth-order valence-electron chi connectivity index (χ4n) is 1.44. The molecular weight excluding hydrogens is 205 g/mol. The van der Waals surface area contributed by atoms with Crippen LogP contribution in [0.1, 0.15) is 11.4 Å². The zero-order chi connectivity index (χ0) is 11.4. The maximum absolute atomic E-state index is 13.4. The maximum atomic E-state index is 13.4. The number of nitrogens with zero attached hydrogens (tertiary/aromatic N) is 2. The molecule has 0 aliphatic rings. The van der Waals surface area contributed by atoms with E-state index >= 15 is 0 Å². The van der Waals surface area contributed by atoms with Crippen molar-refractivity contribution in [2.45, 2.75) is 13.5 Å². The summed E-state index contributed by atoms with van der Waals surface area (Å²) in [7, 11) is 0. The molecule has 0 saturated carbocycles. The normalized spacial score (nSPS) is 10.1. The molecule has 4 heteroatoms. The third kappa shape index (κ3) is 2.34. The van der Waals surface area contributed by atoms with Crippen LogP contribution in [0.3, 0.4) is 0 Å². The van der Waals surface area contributed by atoms with Gasteiger partial charge in [0.05, 0.1) is 12.2 Å². The largest absolute Gasteiger partial charge is 0.375 e. The molecule has 3 nitrogen and oxygen atoms in total. The van der Waals surface area contributed by atoms with E-state index in [4.69, 9.17) is 0 Å². The molecule has 0 atom stereocenters.